The lowest BCUT2D eigenvalue weighted by Gasteiger charge is -2.17. The third-order valence-electron chi connectivity index (χ3n) is 2.35. The van der Waals surface area contributed by atoms with Crippen molar-refractivity contribution in [1.82, 2.24) is 4.90 Å². The van der Waals surface area contributed by atoms with Crippen molar-refractivity contribution in [3.05, 3.63) is 29.3 Å². The van der Waals surface area contributed by atoms with Gasteiger partial charge >= 0.3 is 12.0 Å². The highest BCUT2D eigenvalue weighted by molar-refractivity contribution is 6.33. The van der Waals surface area contributed by atoms with Crippen LogP contribution in [0.4, 0.5) is 10.5 Å². The summed E-state index contributed by atoms with van der Waals surface area (Å²) < 4.78 is 0. The molecule has 0 saturated carbocycles. The maximum absolute atomic E-state index is 11.7. The second-order valence-corrected chi connectivity index (χ2v) is 4.24. The second-order valence-electron chi connectivity index (χ2n) is 3.83. The van der Waals surface area contributed by atoms with E-state index in [0.717, 1.165) is 0 Å². The first-order chi connectivity index (χ1) is 8.50. The van der Waals surface area contributed by atoms with Crippen LogP contribution in [-0.4, -0.2) is 35.6 Å². The molecular formula is C12H15ClN2O3. The molecule has 2 amide bonds. The van der Waals surface area contributed by atoms with Gasteiger partial charge in [-0.2, -0.15) is 0 Å². The molecule has 18 heavy (non-hydrogen) atoms. The van der Waals surface area contributed by atoms with Crippen molar-refractivity contribution in [2.75, 3.05) is 18.9 Å². The summed E-state index contributed by atoms with van der Waals surface area (Å²) in [4.78, 5) is 23.5. The Labute approximate surface area is 110 Å². The van der Waals surface area contributed by atoms with Crippen LogP contribution >= 0.6 is 11.6 Å². The predicted molar refractivity (Wildman–Crippen MR) is 70.0 cm³/mol. The van der Waals surface area contributed by atoms with Crippen molar-refractivity contribution < 1.29 is 14.7 Å². The summed E-state index contributed by atoms with van der Waals surface area (Å²) in [6.45, 7) is 0.378. The van der Waals surface area contributed by atoms with Crippen LogP contribution in [0.1, 0.15) is 12.8 Å². The average Bonchev–Trinajstić information content (AvgIpc) is 2.31. The number of hydrogen-bond acceptors (Lipinski definition) is 2. The first kappa shape index (κ1) is 14.3. The number of carbonyl (C=O) groups is 2. The fourth-order valence-corrected chi connectivity index (χ4v) is 1.53. The minimum absolute atomic E-state index is 0.0454. The predicted octanol–water partition coefficient (Wildman–Crippen LogP) is 2.67. The van der Waals surface area contributed by atoms with E-state index in [0.29, 0.717) is 23.7 Å². The molecule has 1 aromatic carbocycles. The van der Waals surface area contributed by atoms with E-state index in [4.69, 9.17) is 16.7 Å². The molecule has 1 rings (SSSR count). The van der Waals surface area contributed by atoms with Gasteiger partial charge in [0.15, 0.2) is 0 Å². The van der Waals surface area contributed by atoms with E-state index in [1.165, 1.54) is 4.90 Å². The number of hydrogen-bond donors (Lipinski definition) is 2. The van der Waals surface area contributed by atoms with Crippen LogP contribution in [0, 0.1) is 0 Å². The standard InChI is InChI=1S/C12H15ClN2O3/c1-15(8-4-7-11(16)17)12(18)14-10-6-3-2-5-9(10)13/h2-3,5-6H,4,7-8H2,1H3,(H,14,18)(H,16,17). The molecule has 2 N–H and O–H groups in total. The number of aliphatic carboxylic acids is 1. The summed E-state index contributed by atoms with van der Waals surface area (Å²) in [5, 5.41) is 11.6. The van der Waals surface area contributed by atoms with E-state index >= 15 is 0 Å². The molecule has 0 atom stereocenters. The van der Waals surface area contributed by atoms with E-state index in [-0.39, 0.29) is 12.5 Å². The molecule has 0 aliphatic rings. The second kappa shape index (κ2) is 6.86. The Morgan fingerprint density at radius 2 is 2.06 bits per heavy atom. The van der Waals surface area contributed by atoms with Crippen LogP contribution in [0.5, 0.6) is 0 Å². The number of halogens is 1. The number of carbonyl (C=O) groups excluding carboxylic acids is 1. The molecule has 0 saturated heterocycles. The lowest BCUT2D eigenvalue weighted by molar-refractivity contribution is -0.137. The Bertz CT molecular complexity index is 437. The van der Waals surface area contributed by atoms with Gasteiger partial charge in [-0.05, 0) is 18.6 Å². The summed E-state index contributed by atoms with van der Waals surface area (Å²) in [7, 11) is 1.61. The van der Waals surface area contributed by atoms with Gasteiger partial charge in [-0.15, -0.1) is 0 Å². The Balaban J connectivity index is 2.45. The van der Waals surface area contributed by atoms with Crippen molar-refractivity contribution in [2.45, 2.75) is 12.8 Å². The van der Waals surface area contributed by atoms with Crippen LogP contribution in [-0.2, 0) is 4.79 Å². The lowest BCUT2D eigenvalue weighted by Crippen LogP contribution is -2.32. The van der Waals surface area contributed by atoms with Gasteiger partial charge in [-0.3, -0.25) is 4.79 Å². The van der Waals surface area contributed by atoms with Gasteiger partial charge in [0.05, 0.1) is 10.7 Å². The number of para-hydroxylation sites is 1. The number of anilines is 1. The Kier molecular flexibility index (Phi) is 5.45. The van der Waals surface area contributed by atoms with Gasteiger partial charge in [0.2, 0.25) is 0 Å². The number of amides is 2. The molecule has 0 aliphatic carbocycles. The van der Waals surface area contributed by atoms with Crippen LogP contribution in [0.15, 0.2) is 24.3 Å². The molecule has 98 valence electrons. The molecule has 5 nitrogen and oxygen atoms in total. The van der Waals surface area contributed by atoms with Crippen molar-refractivity contribution in [3.8, 4) is 0 Å². The summed E-state index contributed by atoms with van der Waals surface area (Å²) in [6.07, 6.45) is 0.464. The summed E-state index contributed by atoms with van der Waals surface area (Å²) >= 11 is 5.91. The summed E-state index contributed by atoms with van der Waals surface area (Å²) in [6, 6.07) is 6.61. The zero-order chi connectivity index (χ0) is 13.5. The van der Waals surface area contributed by atoms with E-state index in [9.17, 15) is 9.59 Å². The van der Waals surface area contributed by atoms with Gasteiger partial charge in [-0.25, -0.2) is 4.79 Å². The number of urea groups is 1. The number of nitrogens with zero attached hydrogens (tertiary/aromatic N) is 1. The topological polar surface area (TPSA) is 69.6 Å². The van der Waals surface area contributed by atoms with Crippen LogP contribution in [0.2, 0.25) is 5.02 Å². The van der Waals surface area contributed by atoms with Crippen molar-refractivity contribution in [2.24, 2.45) is 0 Å². The Morgan fingerprint density at radius 1 is 1.39 bits per heavy atom. The van der Waals surface area contributed by atoms with Gasteiger partial charge in [0, 0.05) is 20.0 Å². The van der Waals surface area contributed by atoms with E-state index in [2.05, 4.69) is 5.32 Å². The van der Waals surface area contributed by atoms with Crippen molar-refractivity contribution >= 4 is 29.3 Å². The maximum Gasteiger partial charge on any atom is 0.321 e. The fourth-order valence-electron chi connectivity index (χ4n) is 1.34. The number of rotatable bonds is 5. The van der Waals surface area contributed by atoms with Gasteiger partial charge in [-0.1, -0.05) is 23.7 Å². The molecule has 0 spiro atoms. The average molecular weight is 271 g/mol. The zero-order valence-electron chi connectivity index (χ0n) is 10.0. The maximum atomic E-state index is 11.7. The van der Waals surface area contributed by atoms with E-state index < -0.39 is 5.97 Å². The molecule has 0 unspecified atom stereocenters. The van der Waals surface area contributed by atoms with E-state index in [1.807, 2.05) is 0 Å². The first-order valence-corrected chi connectivity index (χ1v) is 5.87. The Morgan fingerprint density at radius 3 is 2.67 bits per heavy atom. The smallest absolute Gasteiger partial charge is 0.321 e. The summed E-state index contributed by atoms with van der Waals surface area (Å²) in [5.74, 6) is -0.866. The molecule has 0 radical (unpaired) electrons. The number of benzene rings is 1. The normalized spacial score (nSPS) is 9.89. The molecule has 0 aliphatic heterocycles. The van der Waals surface area contributed by atoms with Crippen LogP contribution < -0.4 is 5.32 Å². The number of nitrogens with one attached hydrogen (secondary N) is 1. The highest BCUT2D eigenvalue weighted by Crippen LogP contribution is 2.20. The molecule has 0 heterocycles. The van der Waals surface area contributed by atoms with Gasteiger partial charge < -0.3 is 15.3 Å². The molecule has 6 heteroatoms. The van der Waals surface area contributed by atoms with Crippen LogP contribution in [0.25, 0.3) is 0 Å². The van der Waals surface area contributed by atoms with Gasteiger partial charge in [0.1, 0.15) is 0 Å². The highest BCUT2D eigenvalue weighted by Gasteiger charge is 2.10. The summed E-state index contributed by atoms with van der Waals surface area (Å²) in [5.41, 5.74) is 0.536. The number of carboxylic acids is 1. The molecule has 0 aromatic heterocycles. The Hall–Kier alpha value is -1.75. The lowest BCUT2D eigenvalue weighted by atomic mass is 10.3. The van der Waals surface area contributed by atoms with E-state index in [1.54, 1.807) is 31.3 Å². The SMILES string of the molecule is CN(CCCC(=O)O)C(=O)Nc1ccccc1Cl. The first-order valence-electron chi connectivity index (χ1n) is 5.49. The fraction of sp³-hybridized carbons (Fsp3) is 0.333. The molecular weight excluding hydrogens is 256 g/mol. The van der Waals surface area contributed by atoms with Gasteiger partial charge in [0.25, 0.3) is 0 Å². The molecule has 1 aromatic rings. The monoisotopic (exact) mass is 270 g/mol. The third kappa shape index (κ3) is 4.63. The largest absolute Gasteiger partial charge is 0.481 e. The minimum atomic E-state index is -0.866. The quantitative estimate of drug-likeness (QED) is 0.864. The zero-order valence-corrected chi connectivity index (χ0v) is 10.8. The molecule has 0 fully saturated rings. The number of carboxylic acid groups (broad SMARTS) is 1. The van der Waals surface area contributed by atoms with Crippen LogP contribution in [0.3, 0.4) is 0 Å². The van der Waals surface area contributed by atoms with Crippen molar-refractivity contribution in [3.63, 3.8) is 0 Å². The minimum Gasteiger partial charge on any atom is -0.481 e. The highest BCUT2D eigenvalue weighted by atomic mass is 35.5. The molecule has 0 bridgehead atoms. The third-order valence-corrected chi connectivity index (χ3v) is 2.68. The van der Waals surface area contributed by atoms with Crippen molar-refractivity contribution in [1.29, 1.82) is 0 Å².